The van der Waals surface area contributed by atoms with Gasteiger partial charge in [-0.15, -0.1) is 11.8 Å². The van der Waals surface area contributed by atoms with Crippen LogP contribution < -0.4 is 10.9 Å². The average Bonchev–Trinajstić information content (AvgIpc) is 2.98. The largest absolute Gasteiger partial charge is 0.451 e. The summed E-state index contributed by atoms with van der Waals surface area (Å²) in [6.45, 7) is 3.56. The normalized spacial score (nSPS) is 12.0. The molecule has 2 amide bonds. The Balaban J connectivity index is 1.60. The minimum atomic E-state index is -0.490. The minimum absolute atomic E-state index is 0.185. The van der Waals surface area contributed by atoms with Crippen LogP contribution in [0.5, 0.6) is 0 Å². The first-order valence-electron chi connectivity index (χ1n) is 7.96. The Morgan fingerprint density at radius 2 is 1.77 bits per heavy atom. The van der Waals surface area contributed by atoms with Gasteiger partial charge in [-0.1, -0.05) is 29.8 Å². The summed E-state index contributed by atoms with van der Waals surface area (Å²) >= 11 is 7.22. The maximum Gasteiger partial charge on any atom is 0.305 e. The summed E-state index contributed by atoms with van der Waals surface area (Å²) < 4.78 is 5.58. The molecule has 0 saturated carbocycles. The van der Waals surface area contributed by atoms with Gasteiger partial charge >= 0.3 is 5.91 Å². The SMILES string of the molecule is Cc1c(C(=O)NNC(=O)C(C)Sc2ccc(Cl)cc2)oc2ccccc12. The molecule has 1 atom stereocenters. The van der Waals surface area contributed by atoms with Gasteiger partial charge in [-0.2, -0.15) is 0 Å². The first kappa shape index (κ1) is 18.4. The zero-order chi connectivity index (χ0) is 18.7. The second kappa shape index (κ2) is 7.85. The van der Waals surface area contributed by atoms with E-state index in [1.54, 1.807) is 25.1 Å². The van der Waals surface area contributed by atoms with Gasteiger partial charge < -0.3 is 4.42 Å². The highest BCUT2D eigenvalue weighted by atomic mass is 35.5. The molecule has 1 heterocycles. The Bertz CT molecular complexity index is 953. The number of fused-ring (bicyclic) bond motifs is 1. The first-order valence-corrected chi connectivity index (χ1v) is 9.22. The van der Waals surface area contributed by atoms with E-state index < -0.39 is 11.2 Å². The third-order valence-electron chi connectivity index (χ3n) is 3.84. The fraction of sp³-hybridized carbons (Fsp3) is 0.158. The number of halogens is 1. The third-order valence-corrected chi connectivity index (χ3v) is 5.21. The number of thioether (sulfide) groups is 1. The molecule has 3 rings (SSSR count). The maximum absolute atomic E-state index is 12.3. The molecule has 2 N–H and O–H groups in total. The predicted molar refractivity (Wildman–Crippen MR) is 103 cm³/mol. The second-order valence-corrected chi connectivity index (χ2v) is 7.56. The number of hydrazine groups is 1. The zero-order valence-electron chi connectivity index (χ0n) is 14.2. The molecule has 134 valence electrons. The van der Waals surface area contributed by atoms with Crippen LogP contribution in [0.25, 0.3) is 11.0 Å². The number of para-hydroxylation sites is 1. The first-order chi connectivity index (χ1) is 12.5. The summed E-state index contributed by atoms with van der Waals surface area (Å²) in [5.41, 5.74) is 6.21. The lowest BCUT2D eigenvalue weighted by atomic mass is 10.1. The molecule has 0 radical (unpaired) electrons. The molecular formula is C19H17ClN2O3S. The highest BCUT2D eigenvalue weighted by molar-refractivity contribution is 8.00. The van der Waals surface area contributed by atoms with E-state index in [0.29, 0.717) is 10.6 Å². The van der Waals surface area contributed by atoms with Crippen molar-refractivity contribution in [1.82, 2.24) is 10.9 Å². The van der Waals surface area contributed by atoms with Gasteiger partial charge in [0, 0.05) is 20.9 Å². The summed E-state index contributed by atoms with van der Waals surface area (Å²) in [6.07, 6.45) is 0. The van der Waals surface area contributed by atoms with Crippen molar-refractivity contribution in [2.24, 2.45) is 0 Å². The lowest BCUT2D eigenvalue weighted by Crippen LogP contribution is -2.45. The van der Waals surface area contributed by atoms with Crippen molar-refractivity contribution < 1.29 is 14.0 Å². The van der Waals surface area contributed by atoms with Crippen LogP contribution in [-0.4, -0.2) is 17.1 Å². The van der Waals surface area contributed by atoms with Crippen molar-refractivity contribution in [3.05, 3.63) is 64.9 Å². The van der Waals surface area contributed by atoms with Gasteiger partial charge in [0.1, 0.15) is 5.58 Å². The van der Waals surface area contributed by atoms with E-state index in [4.69, 9.17) is 16.0 Å². The molecule has 0 spiro atoms. The van der Waals surface area contributed by atoms with Crippen molar-refractivity contribution in [2.75, 3.05) is 0 Å². The average molecular weight is 389 g/mol. The van der Waals surface area contributed by atoms with Gasteiger partial charge in [0.05, 0.1) is 5.25 Å². The Labute approximate surface area is 160 Å². The van der Waals surface area contributed by atoms with Gasteiger partial charge in [-0.05, 0) is 44.2 Å². The van der Waals surface area contributed by atoms with Crippen molar-refractivity contribution in [3.63, 3.8) is 0 Å². The number of hydrogen-bond acceptors (Lipinski definition) is 4. The van der Waals surface area contributed by atoms with E-state index in [-0.39, 0.29) is 11.7 Å². The minimum Gasteiger partial charge on any atom is -0.451 e. The Kier molecular flexibility index (Phi) is 5.54. The molecule has 2 aromatic carbocycles. The molecule has 0 aliphatic carbocycles. The van der Waals surface area contributed by atoms with E-state index in [9.17, 15) is 9.59 Å². The molecule has 5 nitrogen and oxygen atoms in total. The van der Waals surface area contributed by atoms with Gasteiger partial charge in [-0.25, -0.2) is 0 Å². The molecule has 0 saturated heterocycles. The van der Waals surface area contributed by atoms with Crippen LogP contribution in [0.3, 0.4) is 0 Å². The molecule has 1 unspecified atom stereocenters. The van der Waals surface area contributed by atoms with Crippen LogP contribution >= 0.6 is 23.4 Å². The Hall–Kier alpha value is -2.44. The number of carbonyl (C=O) groups is 2. The monoisotopic (exact) mass is 388 g/mol. The molecular weight excluding hydrogens is 372 g/mol. The van der Waals surface area contributed by atoms with Crippen LogP contribution in [0.1, 0.15) is 23.0 Å². The lowest BCUT2D eigenvalue weighted by Gasteiger charge is -2.12. The highest BCUT2D eigenvalue weighted by Gasteiger charge is 2.19. The fourth-order valence-electron chi connectivity index (χ4n) is 2.44. The number of nitrogens with one attached hydrogen (secondary N) is 2. The predicted octanol–water partition coefficient (Wildman–Crippen LogP) is 4.34. The van der Waals surface area contributed by atoms with Crippen LogP contribution in [-0.2, 0) is 4.79 Å². The van der Waals surface area contributed by atoms with Crippen molar-refractivity contribution >= 4 is 46.1 Å². The van der Waals surface area contributed by atoms with Crippen LogP contribution in [0.15, 0.2) is 57.8 Å². The summed E-state index contributed by atoms with van der Waals surface area (Å²) in [7, 11) is 0. The number of hydrogen-bond donors (Lipinski definition) is 2. The number of benzene rings is 2. The lowest BCUT2D eigenvalue weighted by molar-refractivity contribution is -0.121. The molecule has 26 heavy (non-hydrogen) atoms. The van der Waals surface area contributed by atoms with Crippen LogP contribution in [0, 0.1) is 6.92 Å². The zero-order valence-corrected chi connectivity index (χ0v) is 15.8. The standard InChI is InChI=1S/C19H17ClN2O3S/c1-11-15-5-3-4-6-16(15)25-17(11)19(24)22-21-18(23)12(2)26-14-9-7-13(20)8-10-14/h3-10,12H,1-2H3,(H,21,23)(H,22,24). The van der Waals surface area contributed by atoms with Crippen LogP contribution in [0.4, 0.5) is 0 Å². The number of amides is 2. The molecule has 0 aliphatic rings. The molecule has 0 aliphatic heterocycles. The van der Waals surface area contributed by atoms with Gasteiger partial charge in [0.2, 0.25) is 0 Å². The fourth-order valence-corrected chi connectivity index (χ4v) is 3.43. The van der Waals surface area contributed by atoms with E-state index in [2.05, 4.69) is 10.9 Å². The van der Waals surface area contributed by atoms with E-state index >= 15 is 0 Å². The summed E-state index contributed by atoms with van der Waals surface area (Å²) in [6, 6.07) is 14.6. The van der Waals surface area contributed by atoms with Crippen molar-refractivity contribution in [3.8, 4) is 0 Å². The smallest absolute Gasteiger partial charge is 0.305 e. The van der Waals surface area contributed by atoms with Crippen molar-refractivity contribution in [2.45, 2.75) is 24.0 Å². The van der Waals surface area contributed by atoms with Crippen LogP contribution in [0.2, 0.25) is 5.02 Å². The van der Waals surface area contributed by atoms with Gasteiger partial charge in [0.25, 0.3) is 5.91 Å². The molecule has 1 aromatic heterocycles. The topological polar surface area (TPSA) is 71.3 Å². The van der Waals surface area contributed by atoms with E-state index in [1.807, 2.05) is 37.3 Å². The van der Waals surface area contributed by atoms with Crippen molar-refractivity contribution in [1.29, 1.82) is 0 Å². The summed E-state index contributed by atoms with van der Waals surface area (Å²) in [5, 5.41) is 1.11. The highest BCUT2D eigenvalue weighted by Crippen LogP contribution is 2.25. The van der Waals surface area contributed by atoms with E-state index in [1.165, 1.54) is 11.8 Å². The maximum atomic E-state index is 12.3. The molecule has 3 aromatic rings. The molecule has 7 heteroatoms. The number of aryl methyl sites for hydroxylation is 1. The van der Waals surface area contributed by atoms with Gasteiger partial charge in [0.15, 0.2) is 5.76 Å². The number of carbonyl (C=O) groups excluding carboxylic acids is 2. The van der Waals surface area contributed by atoms with E-state index in [0.717, 1.165) is 15.8 Å². The molecule has 0 bridgehead atoms. The Morgan fingerprint density at radius 3 is 2.46 bits per heavy atom. The Morgan fingerprint density at radius 1 is 1.08 bits per heavy atom. The third kappa shape index (κ3) is 4.03. The number of rotatable bonds is 4. The number of furan rings is 1. The molecule has 0 fully saturated rings. The quantitative estimate of drug-likeness (QED) is 0.515. The summed E-state index contributed by atoms with van der Waals surface area (Å²) in [5.74, 6) is -0.618. The summed E-state index contributed by atoms with van der Waals surface area (Å²) in [4.78, 5) is 25.4. The second-order valence-electron chi connectivity index (χ2n) is 5.71. The van der Waals surface area contributed by atoms with Gasteiger partial charge in [-0.3, -0.25) is 20.4 Å².